The molecular weight excluding hydrogens is 424 g/mol. The van der Waals surface area contributed by atoms with E-state index in [1.807, 2.05) is 6.92 Å². The third kappa shape index (κ3) is 13.3. The minimum absolute atomic E-state index is 0.310. The number of hydrogen-bond acceptors (Lipinski definition) is 8. The van der Waals surface area contributed by atoms with Gasteiger partial charge in [0.1, 0.15) is 0 Å². The Morgan fingerprint density at radius 3 is 1.70 bits per heavy atom. The number of unbranched alkanes of at least 4 members (excludes halogenated alkanes) is 6. The number of aromatic nitrogens is 2. The zero-order chi connectivity index (χ0) is 24.5. The molecule has 0 aliphatic heterocycles. The molecule has 0 bridgehead atoms. The van der Waals surface area contributed by atoms with Crippen LogP contribution >= 0.6 is 0 Å². The second-order valence-electron chi connectivity index (χ2n) is 8.00. The average molecular weight is 463 g/mol. The highest BCUT2D eigenvalue weighted by molar-refractivity contribution is 5.87. The third-order valence-electron chi connectivity index (χ3n) is 4.61. The second kappa shape index (κ2) is 16.7. The molecule has 8 nitrogen and oxygen atoms in total. The van der Waals surface area contributed by atoms with Gasteiger partial charge in [-0.1, -0.05) is 13.2 Å². The van der Waals surface area contributed by atoms with Crippen LogP contribution in [0.15, 0.2) is 30.5 Å². The Bertz CT molecular complexity index is 778. The molecule has 8 heteroatoms. The number of aryl methyl sites for hydroxylation is 1. The summed E-state index contributed by atoms with van der Waals surface area (Å²) >= 11 is 0. The summed E-state index contributed by atoms with van der Waals surface area (Å²) in [4.78, 5) is 31.1. The molecule has 0 unspecified atom stereocenters. The molecule has 1 heterocycles. The molecule has 0 spiro atoms. The van der Waals surface area contributed by atoms with E-state index in [1.54, 1.807) is 20.0 Å². The van der Waals surface area contributed by atoms with E-state index in [0.29, 0.717) is 49.5 Å². The van der Waals surface area contributed by atoms with E-state index in [1.165, 1.54) is 0 Å². The number of carbonyl (C=O) groups is 2. The second-order valence-corrected chi connectivity index (χ2v) is 8.00. The van der Waals surface area contributed by atoms with Crippen molar-refractivity contribution in [3.05, 3.63) is 36.1 Å². The summed E-state index contributed by atoms with van der Waals surface area (Å²) in [7, 11) is 0. The van der Waals surface area contributed by atoms with Crippen molar-refractivity contribution in [2.45, 2.75) is 72.1 Å². The van der Waals surface area contributed by atoms with Crippen molar-refractivity contribution >= 4 is 11.9 Å². The van der Waals surface area contributed by atoms with Gasteiger partial charge in [-0.05, 0) is 72.1 Å². The number of carbonyl (C=O) groups excluding carboxylic acids is 2. The van der Waals surface area contributed by atoms with Crippen molar-refractivity contribution in [2.75, 3.05) is 26.4 Å². The number of hydrogen-bond donors (Lipinski definition) is 0. The summed E-state index contributed by atoms with van der Waals surface area (Å²) in [5.41, 5.74) is 1.70. The summed E-state index contributed by atoms with van der Waals surface area (Å²) in [6, 6.07) is 0.310. The zero-order valence-corrected chi connectivity index (χ0v) is 20.3. The molecule has 0 aliphatic carbocycles. The Labute approximate surface area is 197 Å². The smallest absolute Gasteiger partial charge is 0.333 e. The minimum atomic E-state index is -0.338. The molecule has 0 fully saturated rings. The van der Waals surface area contributed by atoms with Crippen molar-refractivity contribution in [2.24, 2.45) is 0 Å². The van der Waals surface area contributed by atoms with Gasteiger partial charge in [-0.25, -0.2) is 14.6 Å². The van der Waals surface area contributed by atoms with Gasteiger partial charge in [0.25, 0.3) is 0 Å². The van der Waals surface area contributed by atoms with Gasteiger partial charge in [0.2, 0.25) is 5.88 Å². The SMILES string of the molecule is C=C(C)C(=O)OCCCCCCOc1ncc(C)c(OCCCCCCOC(=O)C(=C)C)n1. The van der Waals surface area contributed by atoms with Gasteiger partial charge in [-0.15, -0.1) is 0 Å². The number of esters is 2. The molecule has 0 atom stereocenters. The van der Waals surface area contributed by atoms with Crippen LogP contribution in [0, 0.1) is 6.92 Å². The van der Waals surface area contributed by atoms with Crippen molar-refractivity contribution in [1.29, 1.82) is 0 Å². The number of nitrogens with zero attached hydrogens (tertiary/aromatic N) is 2. The predicted molar refractivity (Wildman–Crippen MR) is 126 cm³/mol. The molecule has 0 saturated carbocycles. The molecule has 0 amide bonds. The maximum atomic E-state index is 11.3. The monoisotopic (exact) mass is 462 g/mol. The van der Waals surface area contributed by atoms with Crippen LogP contribution in [0.1, 0.15) is 70.8 Å². The molecule has 1 rings (SSSR count). The van der Waals surface area contributed by atoms with Crippen molar-refractivity contribution in [3.8, 4) is 11.9 Å². The predicted octanol–water partition coefficient (Wildman–Crippen LogP) is 4.90. The van der Waals surface area contributed by atoms with Crippen molar-refractivity contribution in [1.82, 2.24) is 9.97 Å². The van der Waals surface area contributed by atoms with Crippen LogP contribution in [-0.2, 0) is 19.1 Å². The lowest BCUT2D eigenvalue weighted by Gasteiger charge is -2.10. The lowest BCUT2D eigenvalue weighted by molar-refractivity contribution is -0.139. The summed E-state index contributed by atoms with van der Waals surface area (Å²) in [5.74, 6) is -0.138. The van der Waals surface area contributed by atoms with Crippen molar-refractivity contribution < 1.29 is 28.5 Å². The topological polar surface area (TPSA) is 96.8 Å². The normalized spacial score (nSPS) is 10.4. The molecule has 0 N–H and O–H groups in total. The van der Waals surface area contributed by atoms with Crippen LogP contribution < -0.4 is 9.47 Å². The highest BCUT2D eigenvalue weighted by Gasteiger charge is 2.07. The maximum Gasteiger partial charge on any atom is 0.333 e. The Kier molecular flexibility index (Phi) is 14.2. The highest BCUT2D eigenvalue weighted by atomic mass is 16.5. The Hall–Kier alpha value is -2.90. The van der Waals surface area contributed by atoms with Crippen molar-refractivity contribution in [3.63, 3.8) is 0 Å². The molecule has 0 aliphatic rings. The Morgan fingerprint density at radius 1 is 0.758 bits per heavy atom. The molecule has 184 valence electrons. The molecule has 33 heavy (non-hydrogen) atoms. The largest absolute Gasteiger partial charge is 0.477 e. The lowest BCUT2D eigenvalue weighted by atomic mass is 10.2. The van der Waals surface area contributed by atoms with Crippen LogP contribution in [0.3, 0.4) is 0 Å². The summed E-state index contributed by atoms with van der Waals surface area (Å²) in [6.07, 6.45) is 8.94. The van der Waals surface area contributed by atoms with Gasteiger partial charge in [-0.2, -0.15) is 4.98 Å². The van der Waals surface area contributed by atoms with E-state index < -0.39 is 0 Å². The van der Waals surface area contributed by atoms with Gasteiger partial charge in [0.15, 0.2) is 0 Å². The number of rotatable bonds is 18. The van der Waals surface area contributed by atoms with Crippen LogP contribution in [0.25, 0.3) is 0 Å². The molecular formula is C25H38N2O6. The molecule has 0 saturated heterocycles. The van der Waals surface area contributed by atoms with E-state index in [4.69, 9.17) is 18.9 Å². The first-order valence-corrected chi connectivity index (χ1v) is 11.6. The fourth-order valence-corrected chi connectivity index (χ4v) is 2.65. The summed E-state index contributed by atoms with van der Waals surface area (Å²) in [6.45, 7) is 14.2. The van der Waals surface area contributed by atoms with Gasteiger partial charge in [0.05, 0.1) is 26.4 Å². The minimum Gasteiger partial charge on any atom is -0.477 e. The van der Waals surface area contributed by atoms with Crippen LogP contribution in [0.2, 0.25) is 0 Å². The highest BCUT2D eigenvalue weighted by Crippen LogP contribution is 2.17. The van der Waals surface area contributed by atoms with Crippen LogP contribution in [0.5, 0.6) is 11.9 Å². The first-order valence-electron chi connectivity index (χ1n) is 11.6. The molecule has 1 aromatic rings. The van der Waals surface area contributed by atoms with Gasteiger partial charge >= 0.3 is 17.9 Å². The van der Waals surface area contributed by atoms with Gasteiger partial charge in [-0.3, -0.25) is 0 Å². The Morgan fingerprint density at radius 2 is 1.21 bits per heavy atom. The van der Waals surface area contributed by atoms with E-state index in [2.05, 4.69) is 23.1 Å². The van der Waals surface area contributed by atoms with E-state index in [-0.39, 0.29) is 11.9 Å². The molecule has 0 aromatic carbocycles. The molecule has 1 aromatic heterocycles. The average Bonchev–Trinajstić information content (AvgIpc) is 2.78. The first kappa shape index (κ1) is 28.1. The van der Waals surface area contributed by atoms with E-state index >= 15 is 0 Å². The van der Waals surface area contributed by atoms with Gasteiger partial charge < -0.3 is 18.9 Å². The third-order valence-corrected chi connectivity index (χ3v) is 4.61. The Balaban J connectivity index is 2.13. The standard InChI is InChI=1S/C25H38N2O6/c1-19(2)23(28)31-15-11-7-6-10-14-30-22-21(5)18-26-25(27-22)33-17-13-9-8-12-16-32-24(29)20(3)4/h18H,1,3,6-17H2,2,4-5H3. The lowest BCUT2D eigenvalue weighted by Crippen LogP contribution is -2.07. The molecule has 0 radical (unpaired) electrons. The van der Waals surface area contributed by atoms with Crippen LogP contribution in [0.4, 0.5) is 0 Å². The first-order chi connectivity index (χ1) is 15.8. The van der Waals surface area contributed by atoms with E-state index in [9.17, 15) is 9.59 Å². The quantitative estimate of drug-likeness (QED) is 0.173. The summed E-state index contributed by atoms with van der Waals surface area (Å²) in [5, 5.41) is 0. The maximum absolute atomic E-state index is 11.3. The fourth-order valence-electron chi connectivity index (χ4n) is 2.65. The zero-order valence-electron chi connectivity index (χ0n) is 20.3. The van der Waals surface area contributed by atoms with Crippen LogP contribution in [-0.4, -0.2) is 48.3 Å². The summed E-state index contributed by atoms with van der Waals surface area (Å²) < 4.78 is 21.6. The van der Waals surface area contributed by atoms with Gasteiger partial charge in [0, 0.05) is 22.9 Å². The fraction of sp³-hybridized carbons (Fsp3) is 0.600. The number of ether oxygens (including phenoxy) is 4. The van der Waals surface area contributed by atoms with E-state index in [0.717, 1.165) is 56.9 Å².